The van der Waals surface area contributed by atoms with E-state index in [2.05, 4.69) is 32.0 Å². The van der Waals surface area contributed by atoms with E-state index in [4.69, 9.17) is 5.10 Å². The Kier molecular flexibility index (Phi) is 3.87. The lowest BCUT2D eigenvalue weighted by molar-refractivity contribution is 0.0921. The third kappa shape index (κ3) is 2.85. The minimum atomic E-state index is -0.534. The first-order chi connectivity index (χ1) is 12.7. The van der Waals surface area contributed by atoms with Crippen LogP contribution >= 0.6 is 11.3 Å². The van der Waals surface area contributed by atoms with Gasteiger partial charge in [0.05, 0.1) is 11.2 Å². The zero-order valence-corrected chi connectivity index (χ0v) is 15.4. The average Bonchev–Trinajstić information content (AvgIpc) is 3.12. The molecule has 0 aromatic carbocycles. The Morgan fingerprint density at radius 1 is 1.31 bits per heavy atom. The molecule has 1 aliphatic carbocycles. The van der Waals surface area contributed by atoms with Gasteiger partial charge in [0.2, 0.25) is 0 Å². The van der Waals surface area contributed by atoms with E-state index in [-0.39, 0.29) is 0 Å². The SMILES string of the molecule is CN(CC(O)c1cscn1)C1CN(c2ccc3nnc(C4CC4)n3n2)C1. The summed E-state index contributed by atoms with van der Waals surface area (Å²) in [6, 6.07) is 4.41. The second-order valence-corrected chi connectivity index (χ2v) is 7.94. The van der Waals surface area contributed by atoms with E-state index in [9.17, 15) is 5.11 Å². The highest BCUT2D eigenvalue weighted by Crippen LogP contribution is 2.38. The molecule has 2 aliphatic rings. The average molecular weight is 371 g/mol. The quantitative estimate of drug-likeness (QED) is 0.699. The minimum absolute atomic E-state index is 0.407. The molecule has 3 aromatic heterocycles. The molecule has 3 aromatic rings. The Hall–Kier alpha value is -2.10. The summed E-state index contributed by atoms with van der Waals surface area (Å²) in [5.74, 6) is 2.47. The van der Waals surface area contributed by atoms with Crippen molar-refractivity contribution in [2.45, 2.75) is 30.9 Å². The normalized spacial score (nSPS) is 19.3. The second kappa shape index (κ2) is 6.26. The Morgan fingerprint density at radius 2 is 2.15 bits per heavy atom. The highest BCUT2D eigenvalue weighted by atomic mass is 32.1. The predicted octanol–water partition coefficient (Wildman–Crippen LogP) is 1.31. The van der Waals surface area contributed by atoms with Crippen molar-refractivity contribution in [3.05, 3.63) is 34.5 Å². The third-order valence-corrected chi connectivity index (χ3v) is 5.88. The van der Waals surface area contributed by atoms with Gasteiger partial charge in [-0.15, -0.1) is 26.6 Å². The fraction of sp³-hybridized carbons (Fsp3) is 0.529. The Balaban J connectivity index is 1.23. The number of likely N-dealkylation sites (N-methyl/N-ethyl adjacent to an activating group) is 1. The lowest BCUT2D eigenvalue weighted by Gasteiger charge is -2.45. The van der Waals surface area contributed by atoms with Crippen LogP contribution in [0, 0.1) is 0 Å². The van der Waals surface area contributed by atoms with Gasteiger partial charge in [-0.3, -0.25) is 4.90 Å². The number of hydrogen-bond donors (Lipinski definition) is 1. The summed E-state index contributed by atoms with van der Waals surface area (Å²) >= 11 is 1.51. The molecule has 4 heterocycles. The lowest BCUT2D eigenvalue weighted by Crippen LogP contribution is -2.59. The van der Waals surface area contributed by atoms with Gasteiger partial charge in [-0.05, 0) is 32.0 Å². The maximum atomic E-state index is 10.3. The maximum Gasteiger partial charge on any atom is 0.178 e. The molecule has 0 bridgehead atoms. The molecule has 9 heteroatoms. The van der Waals surface area contributed by atoms with Crippen LogP contribution in [0.1, 0.15) is 36.4 Å². The first-order valence-corrected chi connectivity index (χ1v) is 9.87. The molecular weight excluding hydrogens is 350 g/mol. The number of hydrogen-bond acceptors (Lipinski definition) is 8. The number of thiazole rings is 1. The van der Waals surface area contributed by atoms with Crippen LogP contribution in [0.5, 0.6) is 0 Å². The minimum Gasteiger partial charge on any atom is -0.385 e. The van der Waals surface area contributed by atoms with Crippen LogP contribution in [0.4, 0.5) is 5.82 Å². The molecule has 0 amide bonds. The van der Waals surface area contributed by atoms with Crippen molar-refractivity contribution in [1.82, 2.24) is 29.7 Å². The van der Waals surface area contributed by atoms with Crippen LogP contribution in [0.25, 0.3) is 5.65 Å². The molecule has 1 unspecified atom stereocenters. The third-order valence-electron chi connectivity index (χ3n) is 5.28. The molecule has 8 nitrogen and oxygen atoms in total. The van der Waals surface area contributed by atoms with Crippen LogP contribution in [-0.2, 0) is 0 Å². The van der Waals surface area contributed by atoms with E-state index in [1.165, 1.54) is 24.2 Å². The van der Waals surface area contributed by atoms with E-state index >= 15 is 0 Å². The summed E-state index contributed by atoms with van der Waals surface area (Å²) in [6.07, 6.45) is 1.84. The van der Waals surface area contributed by atoms with Gasteiger partial charge in [-0.25, -0.2) is 4.98 Å². The Labute approximate surface area is 155 Å². The van der Waals surface area contributed by atoms with E-state index < -0.39 is 6.10 Å². The highest BCUT2D eigenvalue weighted by Gasteiger charge is 2.33. The van der Waals surface area contributed by atoms with Gasteiger partial charge < -0.3 is 10.0 Å². The van der Waals surface area contributed by atoms with Gasteiger partial charge in [0, 0.05) is 37.0 Å². The van der Waals surface area contributed by atoms with Crippen molar-refractivity contribution < 1.29 is 5.11 Å². The van der Waals surface area contributed by atoms with Crippen molar-refractivity contribution in [2.75, 3.05) is 31.6 Å². The number of aliphatic hydroxyl groups excluding tert-OH is 1. The maximum absolute atomic E-state index is 10.3. The molecule has 1 aliphatic heterocycles. The van der Waals surface area contributed by atoms with Crippen molar-refractivity contribution in [2.24, 2.45) is 0 Å². The predicted molar refractivity (Wildman–Crippen MR) is 98.5 cm³/mol. The summed E-state index contributed by atoms with van der Waals surface area (Å²) in [6.45, 7) is 2.39. The highest BCUT2D eigenvalue weighted by molar-refractivity contribution is 7.07. The van der Waals surface area contributed by atoms with Gasteiger partial charge in [-0.2, -0.15) is 4.52 Å². The van der Waals surface area contributed by atoms with Crippen molar-refractivity contribution in [3.8, 4) is 0 Å². The number of fused-ring (bicyclic) bond motifs is 1. The topological polar surface area (TPSA) is 82.7 Å². The summed E-state index contributed by atoms with van der Waals surface area (Å²) < 4.78 is 1.90. The van der Waals surface area contributed by atoms with Crippen LogP contribution in [0.15, 0.2) is 23.0 Å². The number of aromatic nitrogens is 5. The lowest BCUT2D eigenvalue weighted by atomic mass is 10.1. The second-order valence-electron chi connectivity index (χ2n) is 7.22. The van der Waals surface area contributed by atoms with E-state index in [0.29, 0.717) is 18.5 Å². The van der Waals surface area contributed by atoms with Crippen LogP contribution in [0.2, 0.25) is 0 Å². The molecule has 1 saturated heterocycles. The molecule has 5 rings (SSSR count). The molecule has 2 fully saturated rings. The fourth-order valence-corrected chi connectivity index (χ4v) is 3.98. The summed E-state index contributed by atoms with van der Waals surface area (Å²) in [7, 11) is 2.05. The van der Waals surface area contributed by atoms with E-state index in [1.807, 2.05) is 22.0 Å². The molecule has 26 heavy (non-hydrogen) atoms. The van der Waals surface area contributed by atoms with Crippen molar-refractivity contribution in [3.63, 3.8) is 0 Å². The number of nitrogens with zero attached hydrogens (tertiary/aromatic N) is 7. The molecule has 0 radical (unpaired) electrons. The number of rotatable bonds is 6. The number of anilines is 1. The zero-order valence-electron chi connectivity index (χ0n) is 14.6. The van der Waals surface area contributed by atoms with Crippen LogP contribution < -0.4 is 4.90 Å². The zero-order chi connectivity index (χ0) is 17.7. The van der Waals surface area contributed by atoms with Crippen LogP contribution in [-0.4, -0.2) is 67.5 Å². The first kappa shape index (κ1) is 16.1. The monoisotopic (exact) mass is 371 g/mol. The Morgan fingerprint density at radius 3 is 2.88 bits per heavy atom. The summed E-state index contributed by atoms with van der Waals surface area (Å²) in [5, 5.41) is 25.4. The Bertz CT molecular complexity index is 901. The van der Waals surface area contributed by atoms with Gasteiger partial charge in [-0.1, -0.05) is 0 Å². The molecule has 1 atom stereocenters. The molecule has 1 saturated carbocycles. The molecular formula is C17H21N7OS. The van der Waals surface area contributed by atoms with Crippen LogP contribution in [0.3, 0.4) is 0 Å². The van der Waals surface area contributed by atoms with Gasteiger partial charge in [0.1, 0.15) is 11.9 Å². The van der Waals surface area contributed by atoms with Crippen molar-refractivity contribution in [1.29, 1.82) is 0 Å². The first-order valence-electron chi connectivity index (χ1n) is 8.93. The summed E-state index contributed by atoms with van der Waals surface area (Å²) in [5.41, 5.74) is 3.33. The van der Waals surface area contributed by atoms with E-state index in [1.54, 1.807) is 5.51 Å². The fourth-order valence-electron chi connectivity index (χ4n) is 3.38. The largest absolute Gasteiger partial charge is 0.385 e. The molecule has 1 N–H and O–H groups in total. The van der Waals surface area contributed by atoms with Crippen molar-refractivity contribution >= 4 is 22.8 Å². The summed E-state index contributed by atoms with van der Waals surface area (Å²) in [4.78, 5) is 8.65. The van der Waals surface area contributed by atoms with Gasteiger partial charge >= 0.3 is 0 Å². The molecule has 136 valence electrons. The van der Waals surface area contributed by atoms with Gasteiger partial charge in [0.15, 0.2) is 11.5 Å². The number of aliphatic hydroxyl groups is 1. The van der Waals surface area contributed by atoms with Gasteiger partial charge in [0.25, 0.3) is 0 Å². The van der Waals surface area contributed by atoms with E-state index in [0.717, 1.165) is 36.1 Å². The molecule has 0 spiro atoms. The standard InChI is InChI=1S/C17H21N7OS/c1-22(8-14(25)13-9-26-10-18-13)12-6-23(7-12)16-5-4-15-19-20-17(11-2-3-11)24(15)21-16/h4-5,9-12,14,25H,2-3,6-8H2,1H3. The smallest absolute Gasteiger partial charge is 0.178 e.